The van der Waals surface area contributed by atoms with Gasteiger partial charge in [0.05, 0.1) is 35.0 Å². The SMILES string of the molecule is CN(c1ccccc1CNc1nc(-c2cc(F)c(OCOCC[Si](C)(C)C)cc2CC(F)(F)F)cc2c1c(I)nn2COCC[Si](C)(C)C)S(C)(=O)=O. The summed E-state index contributed by atoms with van der Waals surface area (Å²) in [6, 6.07) is 12.3. The van der Waals surface area contributed by atoms with Gasteiger partial charge in [0.1, 0.15) is 16.2 Å². The maximum Gasteiger partial charge on any atom is 0.393 e. The Labute approximate surface area is 324 Å². The van der Waals surface area contributed by atoms with E-state index in [9.17, 15) is 21.6 Å². The molecule has 0 radical (unpaired) electrons. The quantitative estimate of drug-likeness (QED) is 0.0347. The van der Waals surface area contributed by atoms with Crippen molar-refractivity contribution in [3.05, 3.63) is 63.1 Å². The van der Waals surface area contributed by atoms with Gasteiger partial charge in [-0.1, -0.05) is 57.5 Å². The number of hydrogen-bond acceptors (Lipinski definition) is 8. The first-order valence-corrected chi connectivity index (χ1v) is 27.4. The molecule has 18 heteroatoms. The van der Waals surface area contributed by atoms with Crippen molar-refractivity contribution < 1.29 is 40.2 Å². The first-order valence-electron chi connectivity index (χ1n) is 17.0. The van der Waals surface area contributed by atoms with Crippen LogP contribution in [0.4, 0.5) is 29.1 Å². The molecule has 0 bridgehead atoms. The summed E-state index contributed by atoms with van der Waals surface area (Å²) in [6.45, 7) is 14.0. The molecule has 53 heavy (non-hydrogen) atoms. The van der Waals surface area contributed by atoms with Crippen molar-refractivity contribution in [1.82, 2.24) is 14.8 Å². The molecule has 4 aromatic rings. The largest absolute Gasteiger partial charge is 0.464 e. The van der Waals surface area contributed by atoms with Crippen molar-refractivity contribution in [2.75, 3.05) is 42.9 Å². The molecule has 2 heterocycles. The van der Waals surface area contributed by atoms with E-state index in [1.54, 1.807) is 35.0 Å². The molecular weight excluding hydrogens is 862 g/mol. The predicted octanol–water partition coefficient (Wildman–Crippen LogP) is 8.96. The second kappa shape index (κ2) is 17.3. The van der Waals surface area contributed by atoms with Crippen molar-refractivity contribution in [1.29, 1.82) is 0 Å². The second-order valence-electron chi connectivity index (χ2n) is 15.3. The number of alkyl halides is 3. The van der Waals surface area contributed by atoms with Crippen molar-refractivity contribution in [2.24, 2.45) is 0 Å². The number of fused-ring (bicyclic) bond motifs is 1. The van der Waals surface area contributed by atoms with Crippen LogP contribution in [-0.2, 0) is 39.2 Å². The highest BCUT2D eigenvalue weighted by Gasteiger charge is 2.31. The summed E-state index contributed by atoms with van der Waals surface area (Å²) in [6.07, 6.45) is -4.89. The van der Waals surface area contributed by atoms with Crippen LogP contribution in [0.5, 0.6) is 5.75 Å². The van der Waals surface area contributed by atoms with Crippen molar-refractivity contribution >= 4 is 71.2 Å². The molecule has 0 spiro atoms. The van der Waals surface area contributed by atoms with Crippen molar-refractivity contribution in [3.63, 3.8) is 0 Å². The lowest BCUT2D eigenvalue weighted by Gasteiger charge is -2.21. The molecule has 292 valence electrons. The molecule has 0 amide bonds. The highest BCUT2D eigenvalue weighted by molar-refractivity contribution is 14.1. The van der Waals surface area contributed by atoms with Crippen LogP contribution in [0, 0.1) is 9.52 Å². The van der Waals surface area contributed by atoms with Crippen LogP contribution < -0.4 is 14.4 Å². The molecule has 0 fully saturated rings. The Balaban J connectivity index is 1.80. The molecule has 0 unspecified atom stereocenters. The minimum atomic E-state index is -4.63. The number of halogens is 5. The zero-order valence-corrected chi connectivity index (χ0v) is 36.3. The molecule has 0 saturated heterocycles. The van der Waals surface area contributed by atoms with Crippen LogP contribution in [0.25, 0.3) is 22.2 Å². The van der Waals surface area contributed by atoms with Crippen LogP contribution in [0.1, 0.15) is 11.1 Å². The van der Waals surface area contributed by atoms with Gasteiger partial charge in [0.25, 0.3) is 0 Å². The third-order valence-electron chi connectivity index (χ3n) is 8.29. The number of benzene rings is 2. The van der Waals surface area contributed by atoms with Gasteiger partial charge in [0, 0.05) is 48.5 Å². The van der Waals surface area contributed by atoms with Crippen molar-refractivity contribution in [2.45, 2.75) is 77.2 Å². The number of para-hydroxylation sites is 1. The zero-order valence-electron chi connectivity index (χ0n) is 31.3. The first kappa shape index (κ1) is 42.9. The molecule has 0 aliphatic carbocycles. The lowest BCUT2D eigenvalue weighted by molar-refractivity contribution is -0.127. The summed E-state index contributed by atoms with van der Waals surface area (Å²) < 4.78 is 103. The van der Waals surface area contributed by atoms with E-state index in [1.165, 1.54) is 7.05 Å². The maximum absolute atomic E-state index is 15.6. The smallest absolute Gasteiger partial charge is 0.393 e. The molecular formula is C35H48F4IN5O5SSi2. The Morgan fingerprint density at radius 1 is 0.962 bits per heavy atom. The van der Waals surface area contributed by atoms with Gasteiger partial charge >= 0.3 is 6.18 Å². The summed E-state index contributed by atoms with van der Waals surface area (Å²) in [4.78, 5) is 4.75. The number of nitrogens with one attached hydrogen (secondary N) is 1. The number of nitrogens with zero attached hydrogens (tertiary/aromatic N) is 4. The number of aromatic nitrogens is 3. The average Bonchev–Trinajstić information content (AvgIpc) is 3.35. The Bertz CT molecular complexity index is 2000. The fourth-order valence-electron chi connectivity index (χ4n) is 5.22. The number of hydrogen-bond donors (Lipinski definition) is 1. The average molecular weight is 910 g/mol. The van der Waals surface area contributed by atoms with E-state index in [-0.39, 0.29) is 48.5 Å². The van der Waals surface area contributed by atoms with Gasteiger partial charge in [-0.05, 0) is 70.1 Å². The fraction of sp³-hybridized carbons (Fsp3) is 0.486. The highest BCUT2D eigenvalue weighted by atomic mass is 127. The van der Waals surface area contributed by atoms with E-state index in [2.05, 4.69) is 72.3 Å². The molecule has 10 nitrogen and oxygen atoms in total. The second-order valence-corrected chi connectivity index (χ2v) is 29.6. The first-order chi connectivity index (χ1) is 24.5. The van der Waals surface area contributed by atoms with E-state index >= 15 is 4.39 Å². The van der Waals surface area contributed by atoms with Crippen LogP contribution in [-0.4, -0.2) is 78.8 Å². The maximum atomic E-state index is 15.6. The van der Waals surface area contributed by atoms with Crippen molar-refractivity contribution in [3.8, 4) is 17.0 Å². The van der Waals surface area contributed by atoms with Gasteiger partial charge in [-0.15, -0.1) is 0 Å². The number of pyridine rings is 1. The predicted molar refractivity (Wildman–Crippen MR) is 216 cm³/mol. The number of anilines is 2. The Hall–Kier alpha value is -2.79. The standard InChI is InChI=1S/C35H48F4IN5O5SSi2/c1-44(51(2,46)47)29-12-10-9-11-24(29)21-41-34-32-30(45(43-33(32)40)22-48-13-15-52(3,4)5)19-28(42-34)26-18-27(36)31(17-25(26)20-35(37,38)39)50-23-49-14-16-53(6,7)8/h9-12,17-19H,13-16,20-23H2,1-8H3,(H,41,42). The lowest BCUT2D eigenvalue weighted by Crippen LogP contribution is -2.26. The van der Waals surface area contributed by atoms with Gasteiger partial charge in [-0.3, -0.25) is 4.31 Å². The van der Waals surface area contributed by atoms with E-state index in [0.717, 1.165) is 34.8 Å². The monoisotopic (exact) mass is 909 g/mol. The minimum Gasteiger partial charge on any atom is -0.464 e. The third-order valence-corrected chi connectivity index (χ3v) is 13.6. The summed E-state index contributed by atoms with van der Waals surface area (Å²) in [5.41, 5.74) is 1.32. The summed E-state index contributed by atoms with van der Waals surface area (Å²) in [5, 5.41) is 8.51. The number of sulfonamides is 1. The Kier molecular flexibility index (Phi) is 14.1. The number of ether oxygens (including phenoxy) is 3. The van der Waals surface area contributed by atoms with Crippen LogP contribution in [0.3, 0.4) is 0 Å². The zero-order chi connectivity index (χ0) is 39.4. The van der Waals surface area contributed by atoms with E-state index in [0.29, 0.717) is 39.1 Å². The molecule has 0 aliphatic rings. The van der Waals surface area contributed by atoms with Crippen LogP contribution >= 0.6 is 22.6 Å². The van der Waals surface area contributed by atoms with E-state index < -0.39 is 44.6 Å². The van der Waals surface area contributed by atoms with Crippen LogP contribution in [0.15, 0.2) is 42.5 Å². The van der Waals surface area contributed by atoms with Gasteiger partial charge in [0.2, 0.25) is 10.0 Å². The molecule has 0 saturated carbocycles. The lowest BCUT2D eigenvalue weighted by atomic mass is 9.99. The van der Waals surface area contributed by atoms with Gasteiger partial charge in [-0.25, -0.2) is 22.5 Å². The molecule has 4 rings (SSSR count). The third kappa shape index (κ3) is 12.6. The summed E-state index contributed by atoms with van der Waals surface area (Å²) in [7, 11) is -4.92. The minimum absolute atomic E-state index is 0.0669. The molecule has 0 aliphatic heterocycles. The topological polar surface area (TPSA) is 108 Å². The van der Waals surface area contributed by atoms with Crippen LogP contribution in [0.2, 0.25) is 51.4 Å². The highest BCUT2D eigenvalue weighted by Crippen LogP contribution is 2.37. The van der Waals surface area contributed by atoms with Gasteiger partial charge in [-0.2, -0.15) is 18.3 Å². The molecule has 2 aromatic heterocycles. The van der Waals surface area contributed by atoms with Gasteiger partial charge in [0.15, 0.2) is 18.4 Å². The summed E-state index contributed by atoms with van der Waals surface area (Å²) in [5.74, 6) is -0.962. The normalized spacial score (nSPS) is 12.8. The Morgan fingerprint density at radius 3 is 2.23 bits per heavy atom. The van der Waals surface area contributed by atoms with E-state index in [1.807, 2.05) is 0 Å². The molecule has 2 aromatic carbocycles. The number of rotatable bonds is 18. The molecule has 0 atom stereocenters. The van der Waals surface area contributed by atoms with Gasteiger partial charge < -0.3 is 19.5 Å². The molecule has 1 N–H and O–H groups in total. The van der Waals surface area contributed by atoms with E-state index in [4.69, 9.17) is 19.2 Å². The Morgan fingerprint density at radius 2 is 1.60 bits per heavy atom. The summed E-state index contributed by atoms with van der Waals surface area (Å²) >= 11 is 2.06. The fourth-order valence-corrected chi connectivity index (χ4v) is 8.06.